The molecule has 0 bridgehead atoms. The van der Waals surface area contributed by atoms with E-state index >= 15 is 0 Å². The Morgan fingerprint density at radius 3 is 2.26 bits per heavy atom. The standard InChI is InChI=1S/C13H10N2O2S2/c14-12(16)10-9(7-3-1-5-18-7)11(17-13(10)15)8-4-2-6-19-8/h1-6H,15H2,(H2,14,16). The largest absolute Gasteiger partial charge is 0.439 e. The maximum absolute atomic E-state index is 11.6. The predicted octanol–water partition coefficient (Wildman–Crippen LogP) is 3.42. The fraction of sp³-hybridized carbons (Fsp3) is 0. The molecule has 3 aromatic rings. The van der Waals surface area contributed by atoms with Gasteiger partial charge >= 0.3 is 0 Å². The molecule has 0 atom stereocenters. The van der Waals surface area contributed by atoms with Gasteiger partial charge in [-0.1, -0.05) is 12.1 Å². The monoisotopic (exact) mass is 290 g/mol. The van der Waals surface area contributed by atoms with Crippen molar-refractivity contribution in [3.8, 4) is 21.1 Å². The third-order valence-corrected chi connectivity index (χ3v) is 4.45. The second kappa shape index (κ2) is 4.56. The lowest BCUT2D eigenvalue weighted by molar-refractivity contribution is 0.100. The van der Waals surface area contributed by atoms with Gasteiger partial charge in [-0.3, -0.25) is 4.79 Å². The second-order valence-electron chi connectivity index (χ2n) is 3.86. The number of carbonyl (C=O) groups excluding carboxylic acids is 1. The first-order valence-electron chi connectivity index (χ1n) is 5.48. The molecule has 0 radical (unpaired) electrons. The van der Waals surface area contributed by atoms with Gasteiger partial charge in [0.25, 0.3) is 5.91 Å². The van der Waals surface area contributed by atoms with Gasteiger partial charge < -0.3 is 15.9 Å². The van der Waals surface area contributed by atoms with Crippen LogP contribution >= 0.6 is 22.7 Å². The van der Waals surface area contributed by atoms with E-state index in [1.807, 2.05) is 35.0 Å². The van der Waals surface area contributed by atoms with Gasteiger partial charge in [0.15, 0.2) is 5.76 Å². The predicted molar refractivity (Wildman–Crippen MR) is 78.3 cm³/mol. The Morgan fingerprint density at radius 2 is 1.74 bits per heavy atom. The van der Waals surface area contributed by atoms with Crippen molar-refractivity contribution in [2.75, 3.05) is 5.73 Å². The smallest absolute Gasteiger partial charge is 0.254 e. The van der Waals surface area contributed by atoms with Crippen LogP contribution in [0.5, 0.6) is 0 Å². The van der Waals surface area contributed by atoms with Crippen molar-refractivity contribution in [1.82, 2.24) is 0 Å². The van der Waals surface area contributed by atoms with E-state index in [0.29, 0.717) is 11.3 Å². The Bertz CT molecular complexity index is 712. The number of amides is 1. The van der Waals surface area contributed by atoms with Gasteiger partial charge in [-0.2, -0.15) is 0 Å². The van der Waals surface area contributed by atoms with Gasteiger partial charge in [0.1, 0.15) is 5.56 Å². The number of nitrogen functional groups attached to an aromatic ring is 1. The third-order valence-electron chi connectivity index (χ3n) is 2.69. The minimum Gasteiger partial charge on any atom is -0.439 e. The molecule has 0 aliphatic rings. The number of primary amides is 1. The highest BCUT2D eigenvalue weighted by Gasteiger charge is 2.25. The van der Waals surface area contributed by atoms with Gasteiger partial charge in [-0.05, 0) is 22.9 Å². The number of rotatable bonds is 3. The average Bonchev–Trinajstić information content (AvgIpc) is 3.08. The highest BCUT2D eigenvalue weighted by atomic mass is 32.1. The number of anilines is 1. The molecule has 0 aliphatic heterocycles. The van der Waals surface area contributed by atoms with Crippen LogP contribution in [0.2, 0.25) is 0 Å². The van der Waals surface area contributed by atoms with Crippen molar-refractivity contribution in [1.29, 1.82) is 0 Å². The summed E-state index contributed by atoms with van der Waals surface area (Å²) in [5.74, 6) is 0.0931. The quantitative estimate of drug-likeness (QED) is 0.775. The topological polar surface area (TPSA) is 82.2 Å². The molecule has 3 aromatic heterocycles. The molecule has 0 saturated heterocycles. The van der Waals surface area contributed by atoms with Crippen LogP contribution in [-0.2, 0) is 0 Å². The van der Waals surface area contributed by atoms with Crippen LogP contribution in [-0.4, -0.2) is 5.91 Å². The zero-order chi connectivity index (χ0) is 13.4. The molecule has 3 rings (SSSR count). The molecule has 0 aliphatic carbocycles. The molecule has 4 nitrogen and oxygen atoms in total. The Labute approximate surface area is 117 Å². The number of furan rings is 1. The normalized spacial score (nSPS) is 10.7. The van der Waals surface area contributed by atoms with Crippen molar-refractivity contribution < 1.29 is 9.21 Å². The molecule has 6 heteroatoms. The van der Waals surface area contributed by atoms with Gasteiger partial charge in [0.05, 0.1) is 10.4 Å². The second-order valence-corrected chi connectivity index (χ2v) is 5.76. The molecule has 3 heterocycles. The van der Waals surface area contributed by atoms with E-state index in [2.05, 4.69) is 0 Å². The van der Waals surface area contributed by atoms with E-state index in [4.69, 9.17) is 15.9 Å². The SMILES string of the molecule is NC(=O)c1c(N)oc(-c2cccs2)c1-c1cccs1. The Morgan fingerprint density at radius 1 is 1.11 bits per heavy atom. The summed E-state index contributed by atoms with van der Waals surface area (Å²) in [4.78, 5) is 13.4. The fourth-order valence-electron chi connectivity index (χ4n) is 1.93. The van der Waals surface area contributed by atoms with E-state index in [1.165, 1.54) is 22.7 Å². The molecule has 19 heavy (non-hydrogen) atoms. The van der Waals surface area contributed by atoms with E-state index in [1.54, 1.807) is 0 Å². The first kappa shape index (κ1) is 12.0. The van der Waals surface area contributed by atoms with Gasteiger partial charge in [0, 0.05) is 4.88 Å². The summed E-state index contributed by atoms with van der Waals surface area (Å²) >= 11 is 3.04. The van der Waals surface area contributed by atoms with Crippen LogP contribution < -0.4 is 11.5 Å². The molecular formula is C13H10N2O2S2. The fourth-order valence-corrected chi connectivity index (χ4v) is 3.42. The van der Waals surface area contributed by atoms with Crippen LogP contribution in [0, 0.1) is 0 Å². The van der Waals surface area contributed by atoms with Crippen molar-refractivity contribution >= 4 is 34.5 Å². The number of hydrogen-bond acceptors (Lipinski definition) is 5. The minimum atomic E-state index is -0.576. The van der Waals surface area contributed by atoms with Crippen LogP contribution in [0.25, 0.3) is 21.1 Å². The Balaban J connectivity index is 2.32. The van der Waals surface area contributed by atoms with Crippen LogP contribution in [0.3, 0.4) is 0 Å². The molecular weight excluding hydrogens is 280 g/mol. The molecule has 0 aromatic carbocycles. The summed E-state index contributed by atoms with van der Waals surface area (Å²) in [7, 11) is 0. The zero-order valence-electron chi connectivity index (χ0n) is 9.75. The summed E-state index contributed by atoms with van der Waals surface area (Å²) in [6.45, 7) is 0. The van der Waals surface area contributed by atoms with E-state index in [0.717, 1.165) is 9.75 Å². The Kier molecular flexibility index (Phi) is 2.88. The van der Waals surface area contributed by atoms with E-state index in [-0.39, 0.29) is 11.4 Å². The summed E-state index contributed by atoms with van der Waals surface area (Å²) in [6, 6.07) is 7.66. The lowest BCUT2D eigenvalue weighted by Gasteiger charge is -1.99. The zero-order valence-corrected chi connectivity index (χ0v) is 11.4. The third kappa shape index (κ3) is 1.94. The number of carbonyl (C=O) groups is 1. The van der Waals surface area contributed by atoms with Crippen molar-refractivity contribution in [2.24, 2.45) is 5.73 Å². The maximum atomic E-state index is 11.6. The van der Waals surface area contributed by atoms with Crippen LogP contribution in [0.1, 0.15) is 10.4 Å². The maximum Gasteiger partial charge on any atom is 0.254 e. The Hall–Kier alpha value is -2.05. The van der Waals surface area contributed by atoms with Crippen molar-refractivity contribution in [3.05, 3.63) is 40.6 Å². The molecule has 0 fully saturated rings. The van der Waals surface area contributed by atoms with Crippen LogP contribution in [0.15, 0.2) is 39.4 Å². The highest BCUT2D eigenvalue weighted by molar-refractivity contribution is 7.14. The molecule has 4 N–H and O–H groups in total. The van der Waals surface area contributed by atoms with Gasteiger partial charge in [-0.15, -0.1) is 22.7 Å². The molecule has 0 saturated carbocycles. The van der Waals surface area contributed by atoms with Crippen LogP contribution in [0.4, 0.5) is 5.88 Å². The molecule has 1 amide bonds. The van der Waals surface area contributed by atoms with E-state index < -0.39 is 5.91 Å². The lowest BCUT2D eigenvalue weighted by Crippen LogP contribution is -2.12. The summed E-state index contributed by atoms with van der Waals surface area (Å²) in [5, 5.41) is 3.87. The first-order valence-corrected chi connectivity index (χ1v) is 7.24. The summed E-state index contributed by atoms with van der Waals surface area (Å²) in [5.41, 5.74) is 12.2. The van der Waals surface area contributed by atoms with Crippen molar-refractivity contribution in [3.63, 3.8) is 0 Å². The minimum absolute atomic E-state index is 0.0688. The van der Waals surface area contributed by atoms with Gasteiger partial charge in [0.2, 0.25) is 5.88 Å². The molecule has 0 spiro atoms. The molecule has 0 unspecified atom stereocenters. The first-order chi connectivity index (χ1) is 9.18. The summed E-state index contributed by atoms with van der Waals surface area (Å²) < 4.78 is 5.57. The number of thiophene rings is 2. The van der Waals surface area contributed by atoms with Crippen molar-refractivity contribution in [2.45, 2.75) is 0 Å². The summed E-state index contributed by atoms with van der Waals surface area (Å²) in [6.07, 6.45) is 0. The highest BCUT2D eigenvalue weighted by Crippen LogP contribution is 2.43. The number of nitrogens with two attached hydrogens (primary N) is 2. The molecule has 96 valence electrons. The average molecular weight is 290 g/mol. The van der Waals surface area contributed by atoms with E-state index in [9.17, 15) is 4.79 Å². The number of hydrogen-bond donors (Lipinski definition) is 2. The lowest BCUT2D eigenvalue weighted by atomic mass is 10.1. The van der Waals surface area contributed by atoms with Gasteiger partial charge in [-0.25, -0.2) is 0 Å².